The average Bonchev–Trinajstić information content (AvgIpc) is 2.44. The Morgan fingerprint density at radius 1 is 0.926 bits per heavy atom. The van der Waals surface area contributed by atoms with Gasteiger partial charge >= 0.3 is 57.4 Å². The van der Waals surface area contributed by atoms with Crippen LogP contribution in [0.25, 0.3) is 0 Å². The summed E-state index contributed by atoms with van der Waals surface area (Å²) in [5, 5.41) is 0. The Morgan fingerprint density at radius 2 is 1.37 bits per heavy atom. The fourth-order valence-corrected chi connectivity index (χ4v) is 3.35. The predicted octanol–water partition coefficient (Wildman–Crippen LogP) is 2.38. The molecule has 0 rings (SSSR count). The molecule has 0 aliphatic heterocycles. The topological polar surface area (TPSA) is 83.5 Å². The van der Waals surface area contributed by atoms with Crippen molar-refractivity contribution in [3.8, 4) is 0 Å². The third-order valence-corrected chi connectivity index (χ3v) is 5.06. The van der Waals surface area contributed by atoms with Crippen LogP contribution < -0.4 is 51.4 Å². The number of carbonyl (C=O) groups excluding carboxylic acids is 1. The summed E-state index contributed by atoms with van der Waals surface area (Å²) >= 11 is 0. The third kappa shape index (κ3) is 21.3. The second-order valence-electron chi connectivity index (χ2n) is 8.16. The molecular formula is C20H37KO5S. The standard InChI is InChI=1S/C20H38O5S.K/c1-16(2)9-6-10-17(3)11-7-12-18(4)13-8-14-19(5)15-20(21)25-26(22,23)24;/h15-18H,6-14H2,1-5H3,(H,22,23,24);/q;+1/p-1/b19-15+;/t17-,18-;/m1./s1. The maximum atomic E-state index is 11.2. The van der Waals surface area contributed by atoms with E-state index in [1.54, 1.807) is 6.92 Å². The molecule has 27 heavy (non-hydrogen) atoms. The average molecular weight is 429 g/mol. The second-order valence-corrected chi connectivity index (χ2v) is 9.14. The van der Waals surface area contributed by atoms with Gasteiger partial charge in [0.1, 0.15) is 0 Å². The van der Waals surface area contributed by atoms with Crippen molar-refractivity contribution in [1.82, 2.24) is 0 Å². The number of hydrogen-bond donors (Lipinski definition) is 0. The quantitative estimate of drug-likeness (QED) is 0.184. The van der Waals surface area contributed by atoms with Crippen molar-refractivity contribution in [2.45, 2.75) is 92.4 Å². The van der Waals surface area contributed by atoms with Crippen LogP contribution in [0.5, 0.6) is 0 Å². The molecule has 0 spiro atoms. The van der Waals surface area contributed by atoms with Crippen molar-refractivity contribution >= 4 is 16.4 Å². The van der Waals surface area contributed by atoms with Crippen LogP contribution in [0.3, 0.4) is 0 Å². The smallest absolute Gasteiger partial charge is 0.716 e. The summed E-state index contributed by atoms with van der Waals surface area (Å²) in [6.45, 7) is 10.9. The molecule has 0 aromatic carbocycles. The van der Waals surface area contributed by atoms with Gasteiger partial charge in [0.15, 0.2) is 0 Å². The van der Waals surface area contributed by atoms with E-state index < -0.39 is 16.4 Å². The number of allylic oxidation sites excluding steroid dienone is 1. The molecule has 0 fully saturated rings. The van der Waals surface area contributed by atoms with Gasteiger partial charge in [-0.15, -0.1) is 0 Å². The van der Waals surface area contributed by atoms with E-state index in [1.807, 2.05) is 0 Å². The number of rotatable bonds is 14. The molecule has 0 unspecified atom stereocenters. The first kappa shape index (κ1) is 30.0. The molecule has 0 aromatic heterocycles. The molecule has 0 aliphatic carbocycles. The van der Waals surface area contributed by atoms with E-state index in [4.69, 9.17) is 0 Å². The van der Waals surface area contributed by atoms with Gasteiger partial charge in [0, 0.05) is 6.08 Å². The maximum absolute atomic E-state index is 11.2. The molecule has 0 aliphatic rings. The first-order chi connectivity index (χ1) is 12.0. The van der Waals surface area contributed by atoms with Crippen LogP contribution in [0.2, 0.25) is 0 Å². The Labute approximate surface area is 209 Å². The molecule has 0 saturated heterocycles. The van der Waals surface area contributed by atoms with E-state index in [0.29, 0.717) is 12.3 Å². The molecule has 0 radical (unpaired) electrons. The molecule has 0 amide bonds. The molecule has 0 saturated carbocycles. The monoisotopic (exact) mass is 428 g/mol. The SMILES string of the molecule is C/C(=C\C(=O)OS(=O)(=O)[O-])CCC[C@H](C)CCC[C@H](C)CCCC(C)C.[K+]. The van der Waals surface area contributed by atoms with Gasteiger partial charge in [-0.25, -0.2) is 13.2 Å². The van der Waals surface area contributed by atoms with E-state index in [9.17, 15) is 17.8 Å². The molecule has 0 heterocycles. The number of carbonyl (C=O) groups is 1. The normalized spacial score (nSPS) is 14.6. The Hall–Kier alpha value is 0.756. The van der Waals surface area contributed by atoms with E-state index >= 15 is 0 Å². The van der Waals surface area contributed by atoms with Gasteiger partial charge in [-0.2, -0.15) is 0 Å². The molecule has 2 atom stereocenters. The van der Waals surface area contributed by atoms with Crippen LogP contribution in [0.15, 0.2) is 11.6 Å². The summed E-state index contributed by atoms with van der Waals surface area (Å²) < 4.78 is 34.8. The van der Waals surface area contributed by atoms with Gasteiger partial charge in [0.2, 0.25) is 0 Å². The van der Waals surface area contributed by atoms with Gasteiger partial charge in [0.05, 0.1) is 0 Å². The van der Waals surface area contributed by atoms with E-state index in [-0.39, 0.29) is 51.4 Å². The van der Waals surface area contributed by atoms with E-state index in [0.717, 1.165) is 36.3 Å². The van der Waals surface area contributed by atoms with E-state index in [2.05, 4.69) is 31.9 Å². The summed E-state index contributed by atoms with van der Waals surface area (Å²) in [7, 11) is -4.97. The summed E-state index contributed by atoms with van der Waals surface area (Å²) in [5.74, 6) is 1.12. The van der Waals surface area contributed by atoms with Crippen molar-refractivity contribution in [2.75, 3.05) is 0 Å². The van der Waals surface area contributed by atoms with Crippen LogP contribution in [-0.4, -0.2) is 18.9 Å². The van der Waals surface area contributed by atoms with Crippen molar-refractivity contribution < 1.29 is 73.3 Å². The van der Waals surface area contributed by atoms with Crippen molar-refractivity contribution in [3.63, 3.8) is 0 Å². The maximum Gasteiger partial charge on any atom is 1.00 e. The largest absolute Gasteiger partial charge is 1.00 e. The Balaban J connectivity index is 0. The minimum Gasteiger partial charge on any atom is -0.716 e. The Kier molecular flexibility index (Phi) is 18.4. The van der Waals surface area contributed by atoms with Gasteiger partial charge in [0.25, 0.3) is 10.4 Å². The van der Waals surface area contributed by atoms with Crippen LogP contribution in [-0.2, 0) is 19.4 Å². The van der Waals surface area contributed by atoms with Crippen LogP contribution >= 0.6 is 0 Å². The summed E-state index contributed by atoms with van der Waals surface area (Å²) in [4.78, 5) is 11.2. The van der Waals surface area contributed by atoms with Crippen LogP contribution in [0.4, 0.5) is 0 Å². The minimum atomic E-state index is -4.97. The number of hydrogen-bond acceptors (Lipinski definition) is 5. The first-order valence-corrected chi connectivity index (χ1v) is 11.2. The fourth-order valence-electron chi connectivity index (χ4n) is 3.11. The second kappa shape index (κ2) is 16.5. The third-order valence-electron chi connectivity index (χ3n) is 4.69. The summed E-state index contributed by atoms with van der Waals surface area (Å²) in [6, 6.07) is 0. The van der Waals surface area contributed by atoms with Crippen molar-refractivity contribution in [1.29, 1.82) is 0 Å². The zero-order valence-electron chi connectivity index (χ0n) is 18.1. The summed E-state index contributed by atoms with van der Waals surface area (Å²) in [5.41, 5.74) is 0.727. The zero-order chi connectivity index (χ0) is 20.2. The van der Waals surface area contributed by atoms with Crippen LogP contribution in [0.1, 0.15) is 92.4 Å². The van der Waals surface area contributed by atoms with Gasteiger partial charge < -0.3 is 8.74 Å². The predicted molar refractivity (Wildman–Crippen MR) is 104 cm³/mol. The molecule has 7 heteroatoms. The van der Waals surface area contributed by atoms with Crippen molar-refractivity contribution in [3.05, 3.63) is 11.6 Å². The summed E-state index contributed by atoms with van der Waals surface area (Å²) in [6.07, 6.45) is 11.5. The Bertz CT molecular complexity index is 528. The van der Waals surface area contributed by atoms with Gasteiger partial charge in [-0.1, -0.05) is 78.2 Å². The molecule has 0 bridgehead atoms. The molecule has 154 valence electrons. The molecular weight excluding hydrogens is 391 g/mol. The van der Waals surface area contributed by atoms with Gasteiger partial charge in [-0.05, 0) is 37.5 Å². The fraction of sp³-hybridized carbons (Fsp3) is 0.850. The zero-order valence-corrected chi connectivity index (χ0v) is 22.1. The molecule has 0 N–H and O–H groups in total. The van der Waals surface area contributed by atoms with Gasteiger partial charge in [-0.3, -0.25) is 0 Å². The molecule has 5 nitrogen and oxygen atoms in total. The Morgan fingerprint density at radius 3 is 1.81 bits per heavy atom. The van der Waals surface area contributed by atoms with E-state index in [1.165, 1.54) is 38.5 Å². The first-order valence-electron chi connectivity index (χ1n) is 9.86. The van der Waals surface area contributed by atoms with Crippen molar-refractivity contribution in [2.24, 2.45) is 17.8 Å². The minimum absolute atomic E-state index is 0. The molecule has 0 aromatic rings. The van der Waals surface area contributed by atoms with Crippen LogP contribution in [0, 0.1) is 17.8 Å².